The lowest BCUT2D eigenvalue weighted by Crippen LogP contribution is -2.07. The van der Waals surface area contributed by atoms with Crippen LogP contribution in [-0.2, 0) is 16.0 Å². The summed E-state index contributed by atoms with van der Waals surface area (Å²) in [7, 11) is 0. The van der Waals surface area contributed by atoms with Gasteiger partial charge >= 0.3 is 5.97 Å². The van der Waals surface area contributed by atoms with Crippen LogP contribution in [0.1, 0.15) is 11.1 Å². The van der Waals surface area contributed by atoms with Crippen molar-refractivity contribution < 1.29 is 14.7 Å². The molecular formula is C11H8ClNO3. The van der Waals surface area contributed by atoms with Gasteiger partial charge in [-0.05, 0) is 29.7 Å². The van der Waals surface area contributed by atoms with Crippen LogP contribution in [0.5, 0.6) is 0 Å². The van der Waals surface area contributed by atoms with Crippen LogP contribution >= 0.6 is 11.6 Å². The number of benzene rings is 1. The van der Waals surface area contributed by atoms with E-state index in [0.717, 1.165) is 0 Å². The van der Waals surface area contributed by atoms with E-state index >= 15 is 0 Å². The number of primary amides is 1. The summed E-state index contributed by atoms with van der Waals surface area (Å²) in [4.78, 5) is 21.1. The Morgan fingerprint density at radius 1 is 1.44 bits per heavy atom. The lowest BCUT2D eigenvalue weighted by atomic mass is 10.1. The van der Waals surface area contributed by atoms with Crippen molar-refractivity contribution in [3.63, 3.8) is 0 Å². The Hall–Kier alpha value is -1.99. The second kappa shape index (κ2) is 5.19. The molecule has 0 bridgehead atoms. The van der Waals surface area contributed by atoms with E-state index < -0.39 is 11.9 Å². The van der Waals surface area contributed by atoms with Gasteiger partial charge in [-0.15, -0.1) is 0 Å². The molecular weight excluding hydrogens is 230 g/mol. The summed E-state index contributed by atoms with van der Waals surface area (Å²) in [5.74, 6) is 2.88. The molecule has 1 amide bonds. The highest BCUT2D eigenvalue weighted by Gasteiger charge is 2.06. The number of halogens is 1. The van der Waals surface area contributed by atoms with Gasteiger partial charge in [0.2, 0.25) is 0 Å². The average Bonchev–Trinajstić information content (AvgIpc) is 2.15. The average molecular weight is 238 g/mol. The summed E-state index contributed by atoms with van der Waals surface area (Å²) < 4.78 is 0. The topological polar surface area (TPSA) is 80.4 Å². The number of carbonyl (C=O) groups is 2. The van der Waals surface area contributed by atoms with E-state index in [0.29, 0.717) is 16.1 Å². The molecule has 0 saturated carbocycles. The van der Waals surface area contributed by atoms with Crippen LogP contribution in [0.2, 0.25) is 5.02 Å². The molecule has 0 aromatic heterocycles. The van der Waals surface area contributed by atoms with Crippen LogP contribution < -0.4 is 5.73 Å². The summed E-state index contributed by atoms with van der Waals surface area (Å²) in [5.41, 5.74) is 5.75. The van der Waals surface area contributed by atoms with Crippen LogP contribution in [0.4, 0.5) is 0 Å². The molecule has 4 nitrogen and oxygen atoms in total. The molecule has 0 radical (unpaired) electrons. The number of carbonyl (C=O) groups excluding carboxylic acids is 1. The summed E-state index contributed by atoms with van der Waals surface area (Å²) in [5, 5.41) is 9.09. The lowest BCUT2D eigenvalue weighted by molar-refractivity contribution is -0.136. The molecule has 0 fully saturated rings. The molecule has 0 aliphatic carbocycles. The molecule has 16 heavy (non-hydrogen) atoms. The van der Waals surface area contributed by atoms with Crippen molar-refractivity contribution in [2.75, 3.05) is 0 Å². The fraction of sp³-hybridized carbons (Fsp3) is 0.0909. The summed E-state index contributed by atoms with van der Waals surface area (Å²) in [6.07, 6.45) is -0.205. The zero-order chi connectivity index (χ0) is 12.1. The first-order valence-electron chi connectivity index (χ1n) is 4.30. The SMILES string of the molecule is NC(=O)C#Cc1ccc(Cl)cc1CC(=O)O. The number of hydrogen-bond donors (Lipinski definition) is 2. The molecule has 1 aromatic rings. The van der Waals surface area contributed by atoms with Gasteiger partial charge < -0.3 is 10.8 Å². The first-order chi connectivity index (χ1) is 7.49. The zero-order valence-corrected chi connectivity index (χ0v) is 8.91. The molecule has 0 saturated heterocycles. The predicted octanol–water partition coefficient (Wildman–Crippen LogP) is 0.804. The van der Waals surface area contributed by atoms with E-state index in [1.165, 1.54) is 6.07 Å². The van der Waals surface area contributed by atoms with E-state index in [1.54, 1.807) is 12.1 Å². The van der Waals surface area contributed by atoms with Crippen molar-refractivity contribution in [2.45, 2.75) is 6.42 Å². The third-order valence-electron chi connectivity index (χ3n) is 1.73. The highest BCUT2D eigenvalue weighted by molar-refractivity contribution is 6.30. The summed E-state index contributed by atoms with van der Waals surface area (Å²) in [6, 6.07) is 4.62. The van der Waals surface area contributed by atoms with Crippen LogP contribution in [0.25, 0.3) is 0 Å². The summed E-state index contributed by atoms with van der Waals surface area (Å²) >= 11 is 5.73. The molecule has 1 aromatic carbocycles. The quantitative estimate of drug-likeness (QED) is 0.747. The van der Waals surface area contributed by atoms with E-state index in [9.17, 15) is 9.59 Å². The van der Waals surface area contributed by atoms with Crippen LogP contribution in [0.15, 0.2) is 18.2 Å². The fourth-order valence-electron chi connectivity index (χ4n) is 1.12. The van der Waals surface area contributed by atoms with Gasteiger partial charge in [0.05, 0.1) is 6.42 Å². The maximum Gasteiger partial charge on any atom is 0.307 e. The first kappa shape index (κ1) is 12.1. The number of hydrogen-bond acceptors (Lipinski definition) is 2. The minimum Gasteiger partial charge on any atom is -0.481 e. The number of aliphatic carboxylic acids is 1. The minimum absolute atomic E-state index is 0.205. The normalized spacial score (nSPS) is 9.06. The number of carboxylic acid groups (broad SMARTS) is 1. The predicted molar refractivity (Wildman–Crippen MR) is 58.9 cm³/mol. The van der Waals surface area contributed by atoms with Crippen molar-refractivity contribution in [3.05, 3.63) is 34.3 Å². The van der Waals surface area contributed by atoms with E-state index in [2.05, 4.69) is 11.8 Å². The second-order valence-corrected chi connectivity index (χ2v) is 3.42. The smallest absolute Gasteiger partial charge is 0.307 e. The van der Waals surface area contributed by atoms with Gasteiger partial charge in [0.1, 0.15) is 0 Å². The molecule has 82 valence electrons. The molecule has 0 aliphatic rings. The van der Waals surface area contributed by atoms with Crippen molar-refractivity contribution in [1.29, 1.82) is 0 Å². The monoisotopic (exact) mass is 237 g/mol. The standard InChI is InChI=1S/C11H8ClNO3/c12-9-3-1-7(2-4-10(13)14)8(5-9)6-11(15)16/h1,3,5H,6H2,(H2,13,14)(H,15,16). The van der Waals surface area contributed by atoms with Crippen molar-refractivity contribution in [2.24, 2.45) is 5.73 Å². The Morgan fingerprint density at radius 2 is 2.12 bits per heavy atom. The lowest BCUT2D eigenvalue weighted by Gasteiger charge is -2.01. The highest BCUT2D eigenvalue weighted by Crippen LogP contribution is 2.16. The van der Waals surface area contributed by atoms with Gasteiger partial charge in [-0.3, -0.25) is 9.59 Å². The van der Waals surface area contributed by atoms with Crippen LogP contribution in [0, 0.1) is 11.8 Å². The molecule has 3 N–H and O–H groups in total. The van der Waals surface area contributed by atoms with Gasteiger partial charge in [-0.2, -0.15) is 0 Å². The molecule has 1 rings (SSSR count). The Bertz CT molecular complexity index is 500. The number of carboxylic acids is 1. The zero-order valence-electron chi connectivity index (χ0n) is 8.16. The minimum atomic E-state index is -0.996. The van der Waals surface area contributed by atoms with Crippen LogP contribution in [0.3, 0.4) is 0 Å². The van der Waals surface area contributed by atoms with Crippen LogP contribution in [-0.4, -0.2) is 17.0 Å². The molecule has 0 atom stereocenters. The Kier molecular flexibility index (Phi) is 3.92. The van der Waals surface area contributed by atoms with Gasteiger partial charge in [0.15, 0.2) is 0 Å². The summed E-state index contributed by atoms with van der Waals surface area (Å²) in [6.45, 7) is 0. The molecule has 0 heterocycles. The van der Waals surface area contributed by atoms with E-state index in [1.807, 2.05) is 0 Å². The maximum absolute atomic E-state index is 10.6. The fourth-order valence-corrected chi connectivity index (χ4v) is 1.32. The maximum atomic E-state index is 10.6. The highest BCUT2D eigenvalue weighted by atomic mass is 35.5. The van der Waals surface area contributed by atoms with Crippen molar-refractivity contribution >= 4 is 23.5 Å². The van der Waals surface area contributed by atoms with Crippen molar-refractivity contribution in [3.8, 4) is 11.8 Å². The van der Waals surface area contributed by atoms with Gasteiger partial charge in [-0.25, -0.2) is 0 Å². The number of rotatable bonds is 2. The first-order valence-corrected chi connectivity index (χ1v) is 4.68. The largest absolute Gasteiger partial charge is 0.481 e. The second-order valence-electron chi connectivity index (χ2n) is 2.99. The van der Waals surface area contributed by atoms with Gasteiger partial charge in [0, 0.05) is 10.6 Å². The molecule has 0 spiro atoms. The number of amides is 1. The molecule has 5 heteroatoms. The number of nitrogens with two attached hydrogens (primary N) is 1. The Labute approximate surface area is 97.0 Å². The van der Waals surface area contributed by atoms with Gasteiger partial charge in [0.25, 0.3) is 5.91 Å². The Morgan fingerprint density at radius 3 is 2.69 bits per heavy atom. The third kappa shape index (κ3) is 3.64. The van der Waals surface area contributed by atoms with E-state index in [4.69, 9.17) is 22.4 Å². The molecule has 0 unspecified atom stereocenters. The van der Waals surface area contributed by atoms with E-state index in [-0.39, 0.29) is 6.42 Å². The third-order valence-corrected chi connectivity index (χ3v) is 1.96. The van der Waals surface area contributed by atoms with Gasteiger partial charge in [-0.1, -0.05) is 17.5 Å². The van der Waals surface area contributed by atoms with Crippen molar-refractivity contribution in [1.82, 2.24) is 0 Å². The Balaban J connectivity index is 3.13. The molecule has 0 aliphatic heterocycles.